The highest BCUT2D eigenvalue weighted by Gasteiger charge is 2.15. The summed E-state index contributed by atoms with van der Waals surface area (Å²) in [4.78, 5) is 9.34. The highest BCUT2D eigenvalue weighted by molar-refractivity contribution is 5.08. The van der Waals surface area contributed by atoms with E-state index in [9.17, 15) is 0 Å². The molecule has 2 rings (SSSR count). The first-order chi connectivity index (χ1) is 9.78. The van der Waals surface area contributed by atoms with E-state index in [1.165, 1.54) is 38.2 Å². The Morgan fingerprint density at radius 2 is 2.05 bits per heavy atom. The Bertz CT molecular complexity index is 368. The Kier molecular flexibility index (Phi) is 6.43. The molecule has 0 aliphatic carbocycles. The van der Waals surface area contributed by atoms with Crippen molar-refractivity contribution in [2.24, 2.45) is 11.7 Å². The monoisotopic (exact) mass is 276 g/mol. The molecule has 1 saturated heterocycles. The quantitative estimate of drug-likeness (QED) is 0.849. The fourth-order valence-corrected chi connectivity index (χ4v) is 2.78. The fraction of sp³-hybridized carbons (Fsp3) is 0.688. The predicted octanol–water partition coefficient (Wildman–Crippen LogP) is 1.23. The summed E-state index contributed by atoms with van der Waals surface area (Å²) in [6, 6.07) is 4.19. The molecule has 0 aromatic carbocycles. The van der Waals surface area contributed by atoms with Gasteiger partial charge in [-0.1, -0.05) is 13.0 Å². The molecule has 2 N–H and O–H groups in total. The van der Waals surface area contributed by atoms with Crippen LogP contribution < -0.4 is 5.73 Å². The minimum Gasteiger partial charge on any atom is -0.330 e. The summed E-state index contributed by atoms with van der Waals surface area (Å²) in [7, 11) is 0. The number of hydrogen-bond acceptors (Lipinski definition) is 4. The van der Waals surface area contributed by atoms with Crippen molar-refractivity contribution in [2.75, 3.05) is 45.8 Å². The van der Waals surface area contributed by atoms with Gasteiger partial charge in [0.1, 0.15) is 0 Å². The second-order valence-electron chi connectivity index (χ2n) is 5.95. The second-order valence-corrected chi connectivity index (χ2v) is 5.95. The van der Waals surface area contributed by atoms with Crippen LogP contribution in [0.15, 0.2) is 24.5 Å². The first-order valence-corrected chi connectivity index (χ1v) is 7.81. The van der Waals surface area contributed by atoms with Crippen LogP contribution in [0.3, 0.4) is 0 Å². The van der Waals surface area contributed by atoms with E-state index in [-0.39, 0.29) is 0 Å². The third-order valence-corrected chi connectivity index (χ3v) is 4.09. The summed E-state index contributed by atoms with van der Waals surface area (Å²) < 4.78 is 0. The van der Waals surface area contributed by atoms with Gasteiger partial charge in [0.05, 0.1) is 0 Å². The zero-order chi connectivity index (χ0) is 14.2. The number of hydrogen-bond donors (Lipinski definition) is 1. The summed E-state index contributed by atoms with van der Waals surface area (Å²) in [5.74, 6) is 0.608. The van der Waals surface area contributed by atoms with Gasteiger partial charge in [-0.2, -0.15) is 0 Å². The van der Waals surface area contributed by atoms with Crippen molar-refractivity contribution in [1.29, 1.82) is 0 Å². The van der Waals surface area contributed by atoms with E-state index in [1.54, 1.807) is 0 Å². The number of aromatic nitrogens is 1. The van der Waals surface area contributed by atoms with Crippen LogP contribution in [0, 0.1) is 5.92 Å². The fourth-order valence-electron chi connectivity index (χ4n) is 2.78. The van der Waals surface area contributed by atoms with Crippen molar-refractivity contribution in [3.63, 3.8) is 0 Å². The molecule has 1 aromatic heterocycles. The Hall–Kier alpha value is -0.970. The van der Waals surface area contributed by atoms with Crippen LogP contribution in [-0.2, 0) is 6.42 Å². The molecular weight excluding hydrogens is 248 g/mol. The highest BCUT2D eigenvalue weighted by atomic mass is 15.2. The van der Waals surface area contributed by atoms with Gasteiger partial charge in [0.2, 0.25) is 0 Å². The van der Waals surface area contributed by atoms with Crippen LogP contribution in [0.1, 0.15) is 18.9 Å². The van der Waals surface area contributed by atoms with Gasteiger partial charge >= 0.3 is 0 Å². The SMILES string of the molecule is CC(CN)CN1CCCN(CCc2cccnc2)CC1. The first kappa shape index (κ1) is 15.4. The van der Waals surface area contributed by atoms with Crippen LogP contribution in [0.2, 0.25) is 0 Å². The molecule has 1 aromatic rings. The van der Waals surface area contributed by atoms with Crippen molar-refractivity contribution in [1.82, 2.24) is 14.8 Å². The van der Waals surface area contributed by atoms with E-state index in [2.05, 4.69) is 27.8 Å². The molecular formula is C16H28N4. The molecule has 1 atom stereocenters. The predicted molar refractivity (Wildman–Crippen MR) is 83.7 cm³/mol. The highest BCUT2D eigenvalue weighted by Crippen LogP contribution is 2.07. The largest absolute Gasteiger partial charge is 0.330 e. The van der Waals surface area contributed by atoms with E-state index >= 15 is 0 Å². The Morgan fingerprint density at radius 3 is 2.80 bits per heavy atom. The maximum Gasteiger partial charge on any atom is 0.0300 e. The van der Waals surface area contributed by atoms with Crippen molar-refractivity contribution in [2.45, 2.75) is 19.8 Å². The molecule has 4 heteroatoms. The third kappa shape index (κ3) is 5.19. The number of rotatable bonds is 6. The maximum atomic E-state index is 5.72. The Balaban J connectivity index is 1.72. The first-order valence-electron chi connectivity index (χ1n) is 7.81. The number of nitrogens with two attached hydrogens (primary N) is 1. The summed E-state index contributed by atoms with van der Waals surface area (Å²) in [6.45, 7) is 10.1. The number of nitrogens with zero attached hydrogens (tertiary/aromatic N) is 3. The van der Waals surface area contributed by atoms with Gasteiger partial charge in [0.15, 0.2) is 0 Å². The average Bonchev–Trinajstić information content (AvgIpc) is 2.71. The van der Waals surface area contributed by atoms with Crippen LogP contribution in [0.5, 0.6) is 0 Å². The standard InChI is InChI=1S/C16H28N4/c1-15(12-17)14-20-8-3-7-19(10-11-20)9-5-16-4-2-6-18-13-16/h2,4,6,13,15H,3,5,7-12,14,17H2,1H3. The van der Waals surface area contributed by atoms with E-state index in [1.807, 2.05) is 18.5 Å². The van der Waals surface area contributed by atoms with Gasteiger partial charge in [-0.05, 0) is 50.0 Å². The van der Waals surface area contributed by atoms with E-state index in [0.717, 1.165) is 26.1 Å². The summed E-state index contributed by atoms with van der Waals surface area (Å²) >= 11 is 0. The Morgan fingerprint density at radius 1 is 1.25 bits per heavy atom. The molecule has 20 heavy (non-hydrogen) atoms. The molecule has 4 nitrogen and oxygen atoms in total. The number of pyridine rings is 1. The molecule has 112 valence electrons. The van der Waals surface area contributed by atoms with Crippen LogP contribution >= 0.6 is 0 Å². The lowest BCUT2D eigenvalue weighted by Crippen LogP contribution is -2.35. The van der Waals surface area contributed by atoms with Gasteiger partial charge in [0.25, 0.3) is 0 Å². The zero-order valence-electron chi connectivity index (χ0n) is 12.7. The molecule has 0 bridgehead atoms. The molecule has 0 spiro atoms. The molecule has 1 aliphatic rings. The lowest BCUT2D eigenvalue weighted by atomic mass is 10.1. The summed E-state index contributed by atoms with van der Waals surface area (Å²) in [5.41, 5.74) is 7.06. The molecule has 0 radical (unpaired) electrons. The summed E-state index contributed by atoms with van der Waals surface area (Å²) in [5, 5.41) is 0. The van der Waals surface area contributed by atoms with Crippen molar-refractivity contribution in [3.8, 4) is 0 Å². The minimum atomic E-state index is 0.608. The second kappa shape index (κ2) is 8.35. The van der Waals surface area contributed by atoms with Crippen molar-refractivity contribution in [3.05, 3.63) is 30.1 Å². The zero-order valence-corrected chi connectivity index (χ0v) is 12.7. The van der Waals surface area contributed by atoms with E-state index < -0.39 is 0 Å². The smallest absolute Gasteiger partial charge is 0.0300 e. The van der Waals surface area contributed by atoms with Crippen LogP contribution in [0.4, 0.5) is 0 Å². The van der Waals surface area contributed by atoms with Crippen molar-refractivity contribution < 1.29 is 0 Å². The maximum absolute atomic E-state index is 5.72. The average molecular weight is 276 g/mol. The van der Waals surface area contributed by atoms with Gasteiger partial charge in [-0.3, -0.25) is 4.98 Å². The van der Waals surface area contributed by atoms with Crippen LogP contribution in [-0.4, -0.2) is 60.6 Å². The van der Waals surface area contributed by atoms with Gasteiger partial charge in [-0.15, -0.1) is 0 Å². The molecule has 0 amide bonds. The van der Waals surface area contributed by atoms with Gasteiger partial charge in [-0.25, -0.2) is 0 Å². The van der Waals surface area contributed by atoms with E-state index in [4.69, 9.17) is 5.73 Å². The molecule has 1 fully saturated rings. The Labute approximate surface area is 123 Å². The van der Waals surface area contributed by atoms with Gasteiger partial charge in [0, 0.05) is 38.6 Å². The summed E-state index contributed by atoms with van der Waals surface area (Å²) in [6.07, 6.45) is 6.19. The third-order valence-electron chi connectivity index (χ3n) is 4.09. The van der Waals surface area contributed by atoms with Crippen LogP contribution in [0.25, 0.3) is 0 Å². The lowest BCUT2D eigenvalue weighted by molar-refractivity contribution is 0.235. The van der Waals surface area contributed by atoms with E-state index in [0.29, 0.717) is 5.92 Å². The topological polar surface area (TPSA) is 45.4 Å². The molecule has 1 aliphatic heterocycles. The van der Waals surface area contributed by atoms with Crippen molar-refractivity contribution >= 4 is 0 Å². The molecule has 1 unspecified atom stereocenters. The molecule has 0 saturated carbocycles. The lowest BCUT2D eigenvalue weighted by Gasteiger charge is -2.24. The minimum absolute atomic E-state index is 0.608. The normalized spacial score (nSPS) is 19.7. The molecule has 2 heterocycles. The van der Waals surface area contributed by atoms with Gasteiger partial charge < -0.3 is 15.5 Å².